The normalized spacial score (nSPS) is 14.5. The molecule has 0 aliphatic rings. The highest BCUT2D eigenvalue weighted by molar-refractivity contribution is 6.78. The molecule has 0 amide bonds. The third-order valence-corrected chi connectivity index (χ3v) is 5.41. The molecule has 0 aromatic carbocycles. The van der Waals surface area contributed by atoms with Crippen LogP contribution in [0.5, 0.6) is 0 Å². The number of rotatable bonds is 6. The van der Waals surface area contributed by atoms with Gasteiger partial charge in [-0.05, 0) is 32.7 Å². The zero-order valence-electron chi connectivity index (χ0n) is 11.6. The third kappa shape index (κ3) is 6.78. The molecule has 2 heteroatoms. The van der Waals surface area contributed by atoms with Gasteiger partial charge in [0.15, 0.2) is 0 Å². The van der Waals surface area contributed by atoms with E-state index in [1.54, 1.807) is 0 Å². The molecule has 0 fully saturated rings. The van der Waals surface area contributed by atoms with E-state index in [1.165, 1.54) is 11.1 Å². The van der Waals surface area contributed by atoms with Gasteiger partial charge in [0.05, 0.1) is 8.07 Å². The fourth-order valence-electron chi connectivity index (χ4n) is 1.55. The number of carbonyl (C=O) groups is 1. The molecule has 0 N–H and O–H groups in total. The molecule has 0 aliphatic heterocycles. The highest BCUT2D eigenvalue weighted by atomic mass is 28.3. The lowest BCUT2D eigenvalue weighted by Gasteiger charge is -2.25. The van der Waals surface area contributed by atoms with Crippen LogP contribution in [0.1, 0.15) is 33.6 Å². The molecule has 1 unspecified atom stereocenters. The van der Waals surface area contributed by atoms with Gasteiger partial charge in [0, 0.05) is 6.42 Å². The molecule has 0 saturated heterocycles. The van der Waals surface area contributed by atoms with Crippen LogP contribution in [-0.4, -0.2) is 14.4 Å². The van der Waals surface area contributed by atoms with Gasteiger partial charge in [-0.3, -0.25) is 0 Å². The average Bonchev–Trinajstić information content (AvgIpc) is 2.12. The fourth-order valence-corrected chi connectivity index (χ4v) is 3.14. The fraction of sp³-hybridized carbons (Fsp3) is 0.643. The maximum absolute atomic E-state index is 10.7. The van der Waals surface area contributed by atoms with Gasteiger partial charge >= 0.3 is 0 Å². The van der Waals surface area contributed by atoms with Crippen molar-refractivity contribution in [2.75, 3.05) is 0 Å². The zero-order valence-corrected chi connectivity index (χ0v) is 12.6. The SMILES string of the molecule is CC(C)=CCC(C)=CC(CC=O)[Si](C)(C)C. The Morgan fingerprint density at radius 1 is 1.19 bits per heavy atom. The van der Waals surface area contributed by atoms with Gasteiger partial charge in [0.1, 0.15) is 6.29 Å². The molecule has 0 heterocycles. The van der Waals surface area contributed by atoms with Gasteiger partial charge in [-0.25, -0.2) is 0 Å². The molecule has 0 bridgehead atoms. The van der Waals surface area contributed by atoms with E-state index in [0.29, 0.717) is 12.0 Å². The summed E-state index contributed by atoms with van der Waals surface area (Å²) in [6, 6.07) is 0. The first-order valence-corrected chi connectivity index (χ1v) is 9.59. The van der Waals surface area contributed by atoms with E-state index in [9.17, 15) is 4.79 Å². The number of allylic oxidation sites excluding steroid dienone is 4. The van der Waals surface area contributed by atoms with E-state index in [4.69, 9.17) is 0 Å². The molecule has 0 aromatic rings. The van der Waals surface area contributed by atoms with Crippen molar-refractivity contribution in [2.45, 2.75) is 58.8 Å². The molecule has 1 nitrogen and oxygen atoms in total. The molecule has 16 heavy (non-hydrogen) atoms. The van der Waals surface area contributed by atoms with Crippen LogP contribution in [0.3, 0.4) is 0 Å². The molecule has 0 radical (unpaired) electrons. The van der Waals surface area contributed by atoms with Crippen LogP contribution in [-0.2, 0) is 4.79 Å². The van der Waals surface area contributed by atoms with Crippen molar-refractivity contribution in [2.24, 2.45) is 0 Å². The maximum Gasteiger partial charge on any atom is 0.120 e. The molecule has 0 spiro atoms. The minimum Gasteiger partial charge on any atom is -0.303 e. The molecule has 0 rings (SSSR count). The van der Waals surface area contributed by atoms with Gasteiger partial charge in [-0.15, -0.1) is 0 Å². The summed E-state index contributed by atoms with van der Waals surface area (Å²) in [7, 11) is -1.25. The van der Waals surface area contributed by atoms with E-state index in [0.717, 1.165) is 12.7 Å². The van der Waals surface area contributed by atoms with Crippen molar-refractivity contribution in [1.29, 1.82) is 0 Å². The summed E-state index contributed by atoms with van der Waals surface area (Å²) in [5.41, 5.74) is 3.22. The Kier molecular flexibility index (Phi) is 6.57. The van der Waals surface area contributed by atoms with E-state index >= 15 is 0 Å². The highest BCUT2D eigenvalue weighted by Gasteiger charge is 2.24. The van der Waals surface area contributed by atoms with Crippen LogP contribution in [0.2, 0.25) is 25.2 Å². The van der Waals surface area contributed by atoms with Crippen molar-refractivity contribution in [3.63, 3.8) is 0 Å². The van der Waals surface area contributed by atoms with Crippen LogP contribution in [0.25, 0.3) is 0 Å². The largest absolute Gasteiger partial charge is 0.303 e. The lowest BCUT2D eigenvalue weighted by atomic mass is 10.1. The van der Waals surface area contributed by atoms with Gasteiger partial charge in [0.2, 0.25) is 0 Å². The number of hydrogen-bond donors (Lipinski definition) is 0. The first kappa shape index (κ1) is 15.4. The Balaban J connectivity index is 4.65. The van der Waals surface area contributed by atoms with Crippen molar-refractivity contribution in [3.8, 4) is 0 Å². The molecule has 0 aliphatic carbocycles. The van der Waals surface area contributed by atoms with Crippen molar-refractivity contribution < 1.29 is 4.79 Å². The van der Waals surface area contributed by atoms with Crippen molar-refractivity contribution in [1.82, 2.24) is 0 Å². The second kappa shape index (κ2) is 6.84. The van der Waals surface area contributed by atoms with E-state index in [1.807, 2.05) is 0 Å². The monoisotopic (exact) mass is 238 g/mol. The lowest BCUT2D eigenvalue weighted by molar-refractivity contribution is -0.107. The molecular formula is C14H26OSi. The maximum atomic E-state index is 10.7. The predicted octanol–water partition coefficient (Wildman–Crippen LogP) is 4.59. The van der Waals surface area contributed by atoms with Crippen LogP contribution in [0, 0.1) is 0 Å². The van der Waals surface area contributed by atoms with E-state index in [-0.39, 0.29) is 0 Å². The first-order chi connectivity index (χ1) is 7.27. The zero-order chi connectivity index (χ0) is 12.8. The second-order valence-corrected chi connectivity index (χ2v) is 11.3. The summed E-state index contributed by atoms with van der Waals surface area (Å²) in [6.07, 6.45) is 7.33. The summed E-state index contributed by atoms with van der Waals surface area (Å²) in [5, 5.41) is 0. The van der Waals surface area contributed by atoms with Crippen LogP contribution in [0.15, 0.2) is 23.3 Å². The highest BCUT2D eigenvalue weighted by Crippen LogP contribution is 2.28. The van der Waals surface area contributed by atoms with Crippen molar-refractivity contribution >= 4 is 14.4 Å². The molecule has 0 aromatic heterocycles. The number of carbonyl (C=O) groups excluding carboxylic acids is 1. The molecular weight excluding hydrogens is 212 g/mol. The minimum absolute atomic E-state index is 0.482. The Bertz CT molecular complexity index is 278. The van der Waals surface area contributed by atoms with Crippen LogP contribution in [0.4, 0.5) is 0 Å². The summed E-state index contributed by atoms with van der Waals surface area (Å²) >= 11 is 0. The second-order valence-electron chi connectivity index (χ2n) is 5.87. The Hall–Kier alpha value is -0.633. The lowest BCUT2D eigenvalue weighted by Crippen LogP contribution is -2.27. The number of hydrogen-bond acceptors (Lipinski definition) is 1. The van der Waals surface area contributed by atoms with Crippen molar-refractivity contribution in [3.05, 3.63) is 23.3 Å². The topological polar surface area (TPSA) is 17.1 Å². The van der Waals surface area contributed by atoms with Crippen LogP contribution >= 0.6 is 0 Å². The number of aldehydes is 1. The van der Waals surface area contributed by atoms with E-state index < -0.39 is 8.07 Å². The first-order valence-electron chi connectivity index (χ1n) is 6.01. The Labute approximate surface area is 102 Å². The quantitative estimate of drug-likeness (QED) is 0.376. The summed E-state index contributed by atoms with van der Waals surface area (Å²) in [4.78, 5) is 10.7. The average molecular weight is 238 g/mol. The Morgan fingerprint density at radius 2 is 1.75 bits per heavy atom. The van der Waals surface area contributed by atoms with E-state index in [2.05, 4.69) is 52.6 Å². The molecule has 1 atom stereocenters. The summed E-state index contributed by atoms with van der Waals surface area (Å²) < 4.78 is 0. The summed E-state index contributed by atoms with van der Waals surface area (Å²) in [5.74, 6) is 0. The van der Waals surface area contributed by atoms with Crippen LogP contribution < -0.4 is 0 Å². The molecule has 0 saturated carbocycles. The van der Waals surface area contributed by atoms with Gasteiger partial charge < -0.3 is 4.79 Å². The molecule has 92 valence electrons. The standard InChI is InChI=1S/C14H26OSi/c1-12(2)7-8-13(3)11-14(9-10-15)16(4,5)6/h7,10-11,14H,8-9H2,1-6H3. The van der Waals surface area contributed by atoms with Gasteiger partial charge in [0.25, 0.3) is 0 Å². The predicted molar refractivity (Wildman–Crippen MR) is 75.6 cm³/mol. The smallest absolute Gasteiger partial charge is 0.120 e. The Morgan fingerprint density at radius 3 is 2.12 bits per heavy atom. The van der Waals surface area contributed by atoms with Gasteiger partial charge in [-0.2, -0.15) is 0 Å². The van der Waals surface area contributed by atoms with Gasteiger partial charge in [-0.1, -0.05) is 42.9 Å². The third-order valence-electron chi connectivity index (χ3n) is 2.78. The minimum atomic E-state index is -1.25. The summed E-state index contributed by atoms with van der Waals surface area (Å²) in [6.45, 7) is 13.4.